The van der Waals surface area contributed by atoms with Gasteiger partial charge in [-0.3, -0.25) is 4.98 Å². The molecule has 5 aromatic rings. The summed E-state index contributed by atoms with van der Waals surface area (Å²) in [7, 11) is 0. The fraction of sp³-hybridized carbons (Fsp3) is 0.121. The molecule has 0 saturated heterocycles. The Morgan fingerprint density at radius 2 is 1.11 bits per heavy atom. The van der Waals surface area contributed by atoms with Gasteiger partial charge < -0.3 is 4.90 Å². The van der Waals surface area contributed by atoms with E-state index in [-0.39, 0.29) is 5.41 Å². The van der Waals surface area contributed by atoms with E-state index in [0.29, 0.717) is 0 Å². The molecule has 0 atom stereocenters. The molecule has 172 valence electrons. The standard InChI is InChI=1S/C33H30N2/c1-33(2,3)28-18-20-29(21-19-28)35(30-15-9-13-26(23-30)25-11-5-4-6-12-25)31-16-10-14-27(24-31)32-17-7-8-22-34-32/h4-24H,1-3H3. The molecule has 5 rings (SSSR count). The molecule has 0 fully saturated rings. The summed E-state index contributed by atoms with van der Waals surface area (Å²) >= 11 is 0. The zero-order valence-electron chi connectivity index (χ0n) is 20.5. The maximum Gasteiger partial charge on any atom is 0.0702 e. The van der Waals surface area contributed by atoms with Gasteiger partial charge in [0.1, 0.15) is 0 Å². The molecule has 1 heterocycles. The van der Waals surface area contributed by atoms with Gasteiger partial charge >= 0.3 is 0 Å². The maximum absolute atomic E-state index is 4.57. The minimum absolute atomic E-state index is 0.107. The first-order chi connectivity index (χ1) is 17.0. The van der Waals surface area contributed by atoms with Gasteiger partial charge in [-0.15, -0.1) is 0 Å². The van der Waals surface area contributed by atoms with Crippen molar-refractivity contribution < 1.29 is 0 Å². The average molecular weight is 455 g/mol. The van der Waals surface area contributed by atoms with Crippen molar-refractivity contribution in [3.63, 3.8) is 0 Å². The van der Waals surface area contributed by atoms with Crippen LogP contribution in [0.1, 0.15) is 26.3 Å². The van der Waals surface area contributed by atoms with E-state index >= 15 is 0 Å². The molecule has 0 spiro atoms. The number of benzene rings is 4. The summed E-state index contributed by atoms with van der Waals surface area (Å²) in [6.07, 6.45) is 1.84. The normalized spacial score (nSPS) is 11.3. The highest BCUT2D eigenvalue weighted by Gasteiger charge is 2.17. The predicted molar refractivity (Wildman–Crippen MR) is 148 cm³/mol. The molecular weight excluding hydrogens is 424 g/mol. The van der Waals surface area contributed by atoms with E-state index in [4.69, 9.17) is 0 Å². The molecule has 2 heteroatoms. The van der Waals surface area contributed by atoms with Crippen molar-refractivity contribution in [3.8, 4) is 22.4 Å². The second kappa shape index (κ2) is 9.60. The monoisotopic (exact) mass is 454 g/mol. The fourth-order valence-corrected chi connectivity index (χ4v) is 4.35. The van der Waals surface area contributed by atoms with Gasteiger partial charge in [0.2, 0.25) is 0 Å². The minimum atomic E-state index is 0.107. The number of rotatable bonds is 5. The summed E-state index contributed by atoms with van der Waals surface area (Å²) in [6.45, 7) is 6.75. The molecule has 0 N–H and O–H groups in total. The van der Waals surface area contributed by atoms with Crippen molar-refractivity contribution in [2.75, 3.05) is 4.90 Å². The Balaban J connectivity index is 1.64. The van der Waals surface area contributed by atoms with E-state index in [2.05, 4.69) is 140 Å². The first-order valence-corrected chi connectivity index (χ1v) is 12.1. The van der Waals surface area contributed by atoms with E-state index in [1.165, 1.54) is 16.7 Å². The van der Waals surface area contributed by atoms with Crippen LogP contribution in [0.2, 0.25) is 0 Å². The van der Waals surface area contributed by atoms with Crippen molar-refractivity contribution in [1.29, 1.82) is 0 Å². The van der Waals surface area contributed by atoms with Crippen molar-refractivity contribution in [3.05, 3.63) is 133 Å². The maximum atomic E-state index is 4.57. The van der Waals surface area contributed by atoms with Crippen LogP contribution >= 0.6 is 0 Å². The van der Waals surface area contributed by atoms with Crippen LogP contribution in [0.25, 0.3) is 22.4 Å². The third kappa shape index (κ3) is 5.02. The second-order valence-corrected chi connectivity index (χ2v) is 9.81. The van der Waals surface area contributed by atoms with Crippen molar-refractivity contribution in [2.24, 2.45) is 0 Å². The number of anilines is 3. The Bertz CT molecular complexity index is 1320. The third-order valence-electron chi connectivity index (χ3n) is 6.27. The molecule has 0 saturated carbocycles. The van der Waals surface area contributed by atoms with E-state index in [1.54, 1.807) is 0 Å². The Morgan fingerprint density at radius 1 is 0.514 bits per heavy atom. The lowest BCUT2D eigenvalue weighted by Crippen LogP contribution is -2.13. The quantitative estimate of drug-likeness (QED) is 0.263. The molecule has 35 heavy (non-hydrogen) atoms. The van der Waals surface area contributed by atoms with Gasteiger partial charge in [-0.1, -0.05) is 93.6 Å². The molecule has 2 nitrogen and oxygen atoms in total. The van der Waals surface area contributed by atoms with Crippen LogP contribution in [0.5, 0.6) is 0 Å². The van der Waals surface area contributed by atoms with Gasteiger partial charge in [-0.05, 0) is 70.6 Å². The van der Waals surface area contributed by atoms with Gasteiger partial charge in [0.05, 0.1) is 5.69 Å². The Labute approximate surface area is 208 Å². The number of hydrogen-bond acceptors (Lipinski definition) is 2. The van der Waals surface area contributed by atoms with Gasteiger partial charge in [-0.25, -0.2) is 0 Å². The third-order valence-corrected chi connectivity index (χ3v) is 6.27. The number of hydrogen-bond donors (Lipinski definition) is 0. The van der Waals surface area contributed by atoms with E-state index in [1.807, 2.05) is 18.3 Å². The first-order valence-electron chi connectivity index (χ1n) is 12.1. The summed E-state index contributed by atoms with van der Waals surface area (Å²) in [5.41, 5.74) is 9.24. The Kier molecular flexibility index (Phi) is 6.20. The van der Waals surface area contributed by atoms with Crippen LogP contribution in [0.3, 0.4) is 0 Å². The zero-order chi connectivity index (χ0) is 24.3. The van der Waals surface area contributed by atoms with E-state index < -0.39 is 0 Å². The lowest BCUT2D eigenvalue weighted by atomic mass is 9.87. The number of pyridine rings is 1. The summed E-state index contributed by atoms with van der Waals surface area (Å²) in [6, 6.07) is 42.9. The molecule has 0 bridgehead atoms. The second-order valence-electron chi connectivity index (χ2n) is 9.81. The molecule has 0 unspecified atom stereocenters. The fourth-order valence-electron chi connectivity index (χ4n) is 4.35. The Hall–Kier alpha value is -4.17. The number of nitrogens with zero attached hydrogens (tertiary/aromatic N) is 2. The highest BCUT2D eigenvalue weighted by molar-refractivity contribution is 5.81. The van der Waals surface area contributed by atoms with Crippen LogP contribution in [0.15, 0.2) is 128 Å². The average Bonchev–Trinajstić information content (AvgIpc) is 2.90. The van der Waals surface area contributed by atoms with Crippen molar-refractivity contribution >= 4 is 17.1 Å². The molecule has 0 amide bonds. The van der Waals surface area contributed by atoms with Crippen LogP contribution in [-0.2, 0) is 5.41 Å². The largest absolute Gasteiger partial charge is 0.310 e. The van der Waals surface area contributed by atoms with Crippen LogP contribution < -0.4 is 4.90 Å². The van der Waals surface area contributed by atoms with Crippen molar-refractivity contribution in [2.45, 2.75) is 26.2 Å². The molecular formula is C33H30N2. The molecule has 4 aromatic carbocycles. The Morgan fingerprint density at radius 3 is 1.74 bits per heavy atom. The molecule has 0 radical (unpaired) electrons. The van der Waals surface area contributed by atoms with E-state index in [9.17, 15) is 0 Å². The van der Waals surface area contributed by atoms with Gasteiger partial charge in [-0.2, -0.15) is 0 Å². The highest BCUT2D eigenvalue weighted by Crippen LogP contribution is 2.38. The molecule has 0 aliphatic carbocycles. The summed E-state index contributed by atoms with van der Waals surface area (Å²) in [4.78, 5) is 6.89. The van der Waals surface area contributed by atoms with Crippen molar-refractivity contribution in [1.82, 2.24) is 4.98 Å². The lowest BCUT2D eigenvalue weighted by molar-refractivity contribution is 0.590. The summed E-state index contributed by atoms with van der Waals surface area (Å²) < 4.78 is 0. The van der Waals surface area contributed by atoms with Gasteiger partial charge in [0.25, 0.3) is 0 Å². The predicted octanol–water partition coefficient (Wildman–Crippen LogP) is 9.18. The van der Waals surface area contributed by atoms with Gasteiger partial charge in [0, 0.05) is 28.8 Å². The number of aromatic nitrogens is 1. The van der Waals surface area contributed by atoms with Crippen LogP contribution in [-0.4, -0.2) is 4.98 Å². The zero-order valence-corrected chi connectivity index (χ0v) is 20.5. The molecule has 1 aromatic heterocycles. The highest BCUT2D eigenvalue weighted by atomic mass is 15.1. The molecule has 0 aliphatic heterocycles. The summed E-state index contributed by atoms with van der Waals surface area (Å²) in [5.74, 6) is 0. The van der Waals surface area contributed by atoms with Crippen LogP contribution in [0, 0.1) is 0 Å². The SMILES string of the molecule is CC(C)(C)c1ccc(N(c2cccc(-c3ccccc3)c2)c2cccc(-c3ccccn3)c2)cc1. The summed E-state index contributed by atoms with van der Waals surface area (Å²) in [5, 5.41) is 0. The lowest BCUT2D eigenvalue weighted by Gasteiger charge is -2.27. The van der Waals surface area contributed by atoms with Gasteiger partial charge in [0.15, 0.2) is 0 Å². The van der Waals surface area contributed by atoms with E-state index in [0.717, 1.165) is 28.3 Å². The topological polar surface area (TPSA) is 16.1 Å². The van der Waals surface area contributed by atoms with Crippen LogP contribution in [0.4, 0.5) is 17.1 Å². The minimum Gasteiger partial charge on any atom is -0.310 e. The smallest absolute Gasteiger partial charge is 0.0702 e. The molecule has 0 aliphatic rings. The first kappa shape index (κ1) is 22.6.